The Morgan fingerprint density at radius 2 is 1.93 bits per heavy atom. The van der Waals surface area contributed by atoms with Gasteiger partial charge in [-0.05, 0) is 42.8 Å². The van der Waals surface area contributed by atoms with Crippen LogP contribution in [0.5, 0.6) is 0 Å². The maximum absolute atomic E-state index is 12.2. The van der Waals surface area contributed by atoms with Gasteiger partial charge in [0.2, 0.25) is 17.7 Å². The minimum Gasteiger partial charge on any atom is -0.366 e. The zero-order valence-corrected chi connectivity index (χ0v) is 16.1. The van der Waals surface area contributed by atoms with Crippen LogP contribution >= 0.6 is 11.8 Å². The van der Waals surface area contributed by atoms with E-state index in [1.54, 1.807) is 29.2 Å². The number of amides is 3. The van der Waals surface area contributed by atoms with E-state index >= 15 is 0 Å². The van der Waals surface area contributed by atoms with E-state index in [0.717, 1.165) is 29.9 Å². The number of rotatable bonds is 7. The van der Waals surface area contributed by atoms with E-state index in [0.29, 0.717) is 18.7 Å². The second-order valence-corrected chi connectivity index (χ2v) is 7.35. The normalized spacial score (nSPS) is 13.4. The number of hydrogen-bond acceptors (Lipinski definition) is 6. The van der Waals surface area contributed by atoms with Crippen LogP contribution in [0.25, 0.3) is 0 Å². The molecule has 1 aliphatic heterocycles. The quantitative estimate of drug-likeness (QED) is 0.406. The molecule has 3 rings (SSSR count). The molecule has 2 aromatic carbocycles. The van der Waals surface area contributed by atoms with E-state index in [4.69, 9.17) is 5.73 Å². The fourth-order valence-electron chi connectivity index (χ4n) is 2.92. The highest BCUT2D eigenvalue weighted by Gasteiger charge is 2.21. The number of nitrogens with one attached hydrogen (secondary N) is 1. The van der Waals surface area contributed by atoms with Gasteiger partial charge in [-0.3, -0.25) is 24.5 Å². The monoisotopic (exact) mass is 414 g/mol. The summed E-state index contributed by atoms with van der Waals surface area (Å²) in [6, 6.07) is 10.8. The van der Waals surface area contributed by atoms with Gasteiger partial charge in [0.25, 0.3) is 5.69 Å². The number of nitro benzene ring substituents is 1. The summed E-state index contributed by atoms with van der Waals surface area (Å²) in [7, 11) is 0. The molecule has 1 aliphatic rings. The van der Waals surface area contributed by atoms with E-state index in [1.165, 1.54) is 12.1 Å². The third-order valence-electron chi connectivity index (χ3n) is 4.34. The molecule has 10 heteroatoms. The Morgan fingerprint density at radius 1 is 1.21 bits per heavy atom. The highest BCUT2D eigenvalue weighted by atomic mass is 32.2. The van der Waals surface area contributed by atoms with Gasteiger partial charge < -0.3 is 16.0 Å². The SMILES string of the molecule is NC(=O)c1ccc(SCC(=O)Nc2ccc(N3CCCC3=O)cc2)c([N+](=O)[O-])c1. The van der Waals surface area contributed by atoms with Gasteiger partial charge in [-0.1, -0.05) is 0 Å². The van der Waals surface area contributed by atoms with Crippen molar-refractivity contribution in [1.82, 2.24) is 0 Å². The van der Waals surface area contributed by atoms with E-state index in [2.05, 4.69) is 5.32 Å². The number of anilines is 2. The number of nitrogens with two attached hydrogens (primary N) is 1. The van der Waals surface area contributed by atoms with E-state index in [9.17, 15) is 24.5 Å². The third-order valence-corrected chi connectivity index (χ3v) is 5.40. The van der Waals surface area contributed by atoms with Crippen molar-refractivity contribution >= 4 is 46.5 Å². The molecule has 0 atom stereocenters. The van der Waals surface area contributed by atoms with Crippen LogP contribution in [-0.2, 0) is 9.59 Å². The summed E-state index contributed by atoms with van der Waals surface area (Å²) in [6.07, 6.45) is 1.38. The standard InChI is InChI=1S/C19H18N4O5S/c20-19(26)12-3-8-16(15(10-12)23(27)28)29-11-17(24)21-13-4-6-14(7-5-13)22-9-1-2-18(22)25/h3-8,10H,1-2,9,11H2,(H2,20,26)(H,21,24). The van der Waals surface area contributed by atoms with Gasteiger partial charge in [-0.2, -0.15) is 0 Å². The summed E-state index contributed by atoms with van der Waals surface area (Å²) in [6.45, 7) is 0.689. The van der Waals surface area contributed by atoms with Gasteiger partial charge in [0, 0.05) is 36.0 Å². The Labute approximate surface area is 170 Å². The van der Waals surface area contributed by atoms with Crippen LogP contribution in [0, 0.1) is 10.1 Å². The Morgan fingerprint density at radius 3 is 2.52 bits per heavy atom. The lowest BCUT2D eigenvalue weighted by Gasteiger charge is -2.16. The van der Waals surface area contributed by atoms with Crippen LogP contribution in [0.2, 0.25) is 0 Å². The fourth-order valence-corrected chi connectivity index (χ4v) is 3.73. The van der Waals surface area contributed by atoms with E-state index < -0.39 is 10.8 Å². The van der Waals surface area contributed by atoms with E-state index in [1.807, 2.05) is 0 Å². The summed E-state index contributed by atoms with van der Waals surface area (Å²) in [4.78, 5) is 47.7. The second kappa shape index (κ2) is 8.74. The Kier molecular flexibility index (Phi) is 6.13. The lowest BCUT2D eigenvalue weighted by Crippen LogP contribution is -2.23. The van der Waals surface area contributed by atoms with Crippen molar-refractivity contribution in [2.24, 2.45) is 5.73 Å². The van der Waals surface area contributed by atoms with Gasteiger partial charge in [-0.15, -0.1) is 11.8 Å². The first kappa shape index (κ1) is 20.3. The molecule has 0 aliphatic carbocycles. The molecule has 2 aromatic rings. The number of hydrogen-bond donors (Lipinski definition) is 2. The summed E-state index contributed by atoms with van der Waals surface area (Å²) in [5, 5.41) is 13.9. The largest absolute Gasteiger partial charge is 0.366 e. The number of primary amides is 1. The first-order valence-corrected chi connectivity index (χ1v) is 9.75. The number of carbonyl (C=O) groups excluding carboxylic acids is 3. The number of benzene rings is 2. The molecular weight excluding hydrogens is 396 g/mol. The predicted octanol–water partition coefficient (Wildman–Crippen LogP) is 2.55. The Hall–Kier alpha value is -3.40. The zero-order valence-electron chi connectivity index (χ0n) is 15.3. The van der Waals surface area contributed by atoms with Crippen LogP contribution in [0.1, 0.15) is 23.2 Å². The molecule has 0 aromatic heterocycles. The Balaban J connectivity index is 1.61. The smallest absolute Gasteiger partial charge is 0.283 e. The molecule has 0 spiro atoms. The first-order valence-electron chi connectivity index (χ1n) is 8.76. The highest BCUT2D eigenvalue weighted by molar-refractivity contribution is 8.00. The van der Waals surface area contributed by atoms with Crippen molar-refractivity contribution in [3.8, 4) is 0 Å². The number of nitro groups is 1. The molecular formula is C19H18N4O5S. The molecule has 150 valence electrons. The second-order valence-electron chi connectivity index (χ2n) is 6.34. The maximum atomic E-state index is 12.2. The van der Waals surface area contributed by atoms with Gasteiger partial charge >= 0.3 is 0 Å². The van der Waals surface area contributed by atoms with Gasteiger partial charge in [0.15, 0.2) is 0 Å². The summed E-state index contributed by atoms with van der Waals surface area (Å²) in [5.74, 6) is -1.07. The molecule has 3 N–H and O–H groups in total. The molecule has 1 saturated heterocycles. The van der Waals surface area contributed by atoms with Crippen LogP contribution in [0.15, 0.2) is 47.4 Å². The lowest BCUT2D eigenvalue weighted by atomic mass is 10.2. The molecule has 1 heterocycles. The minimum atomic E-state index is -0.763. The topological polar surface area (TPSA) is 136 Å². The number of thioether (sulfide) groups is 1. The summed E-state index contributed by atoms with van der Waals surface area (Å²) < 4.78 is 0. The lowest BCUT2D eigenvalue weighted by molar-refractivity contribution is -0.387. The van der Waals surface area contributed by atoms with Crippen molar-refractivity contribution in [2.75, 3.05) is 22.5 Å². The molecule has 9 nitrogen and oxygen atoms in total. The average Bonchev–Trinajstić information content (AvgIpc) is 3.12. The van der Waals surface area contributed by atoms with Crippen molar-refractivity contribution in [1.29, 1.82) is 0 Å². The maximum Gasteiger partial charge on any atom is 0.283 e. The number of carbonyl (C=O) groups is 3. The first-order chi connectivity index (χ1) is 13.8. The highest BCUT2D eigenvalue weighted by Crippen LogP contribution is 2.30. The molecule has 0 unspecified atom stereocenters. The average molecular weight is 414 g/mol. The molecule has 0 saturated carbocycles. The van der Waals surface area contributed by atoms with Crippen LogP contribution < -0.4 is 16.0 Å². The van der Waals surface area contributed by atoms with Crippen LogP contribution in [-0.4, -0.2) is 34.9 Å². The van der Waals surface area contributed by atoms with E-state index in [-0.39, 0.29) is 33.7 Å². The third kappa shape index (κ3) is 4.91. The molecule has 3 amide bonds. The van der Waals surface area contributed by atoms with Crippen molar-refractivity contribution in [2.45, 2.75) is 17.7 Å². The van der Waals surface area contributed by atoms with Crippen molar-refractivity contribution in [3.05, 3.63) is 58.1 Å². The Bertz CT molecular complexity index is 977. The van der Waals surface area contributed by atoms with Crippen molar-refractivity contribution < 1.29 is 19.3 Å². The fraction of sp³-hybridized carbons (Fsp3) is 0.211. The molecule has 29 heavy (non-hydrogen) atoms. The van der Waals surface area contributed by atoms with Crippen LogP contribution in [0.4, 0.5) is 17.1 Å². The zero-order chi connectivity index (χ0) is 21.0. The minimum absolute atomic E-state index is 0.0297. The van der Waals surface area contributed by atoms with Crippen LogP contribution in [0.3, 0.4) is 0 Å². The molecule has 1 fully saturated rings. The van der Waals surface area contributed by atoms with Gasteiger partial charge in [0.1, 0.15) is 0 Å². The summed E-state index contributed by atoms with van der Waals surface area (Å²) >= 11 is 0.988. The molecule has 0 bridgehead atoms. The predicted molar refractivity (Wildman–Crippen MR) is 109 cm³/mol. The molecule has 0 radical (unpaired) electrons. The summed E-state index contributed by atoms with van der Waals surface area (Å²) in [5.41, 5.74) is 6.24. The van der Waals surface area contributed by atoms with Crippen molar-refractivity contribution in [3.63, 3.8) is 0 Å². The number of nitrogens with zero attached hydrogens (tertiary/aromatic N) is 2. The van der Waals surface area contributed by atoms with Gasteiger partial charge in [-0.25, -0.2) is 0 Å². The van der Waals surface area contributed by atoms with Gasteiger partial charge in [0.05, 0.1) is 15.6 Å².